The second-order valence-corrected chi connectivity index (χ2v) is 5.85. The average molecular weight is 339 g/mol. The lowest BCUT2D eigenvalue weighted by atomic mass is 10.1. The third-order valence-corrected chi connectivity index (χ3v) is 4.15. The van der Waals surface area contributed by atoms with Gasteiger partial charge in [-0.1, -0.05) is 25.5 Å². The lowest BCUT2D eigenvalue weighted by Crippen LogP contribution is -2.51. The molecule has 0 radical (unpaired) electrons. The van der Waals surface area contributed by atoms with Crippen LogP contribution < -0.4 is 4.74 Å². The predicted octanol–water partition coefficient (Wildman–Crippen LogP) is 1.93. The summed E-state index contributed by atoms with van der Waals surface area (Å²) in [4.78, 5) is 27.1. The SMILES string of the molecule is CCCc1ccc(OCC(=O)N2CCN(C(=O)CCl)CC2)cc1. The highest BCUT2D eigenvalue weighted by Gasteiger charge is 2.23. The molecule has 1 aliphatic heterocycles. The molecule has 0 atom stereocenters. The first-order chi connectivity index (χ1) is 11.1. The summed E-state index contributed by atoms with van der Waals surface area (Å²) >= 11 is 5.54. The minimum absolute atomic E-state index is 0.00885. The number of hydrogen-bond acceptors (Lipinski definition) is 3. The molecule has 2 amide bonds. The molecule has 0 unspecified atom stereocenters. The highest BCUT2D eigenvalue weighted by molar-refractivity contribution is 6.27. The van der Waals surface area contributed by atoms with Crippen LogP contribution in [0, 0.1) is 0 Å². The van der Waals surface area contributed by atoms with Crippen LogP contribution in [-0.2, 0) is 16.0 Å². The molecule has 2 rings (SSSR count). The molecule has 0 aromatic heterocycles. The van der Waals surface area contributed by atoms with E-state index in [0.29, 0.717) is 31.9 Å². The summed E-state index contributed by atoms with van der Waals surface area (Å²) in [6.45, 7) is 4.28. The maximum Gasteiger partial charge on any atom is 0.260 e. The number of rotatable bonds is 6. The second-order valence-electron chi connectivity index (χ2n) is 5.58. The van der Waals surface area contributed by atoms with Gasteiger partial charge in [-0.25, -0.2) is 0 Å². The monoisotopic (exact) mass is 338 g/mol. The second kappa shape index (κ2) is 8.77. The fourth-order valence-corrected chi connectivity index (χ4v) is 2.74. The van der Waals surface area contributed by atoms with Gasteiger partial charge < -0.3 is 14.5 Å². The van der Waals surface area contributed by atoms with E-state index in [1.807, 2.05) is 24.3 Å². The molecule has 6 heteroatoms. The number of amides is 2. The first kappa shape index (κ1) is 17.6. The smallest absolute Gasteiger partial charge is 0.260 e. The highest BCUT2D eigenvalue weighted by atomic mass is 35.5. The van der Waals surface area contributed by atoms with Crippen molar-refractivity contribution < 1.29 is 14.3 Å². The highest BCUT2D eigenvalue weighted by Crippen LogP contribution is 2.13. The van der Waals surface area contributed by atoms with Gasteiger partial charge in [0.1, 0.15) is 11.6 Å². The third kappa shape index (κ3) is 5.13. The van der Waals surface area contributed by atoms with E-state index in [0.717, 1.165) is 12.8 Å². The van der Waals surface area contributed by atoms with Crippen LogP contribution in [0.15, 0.2) is 24.3 Å². The summed E-state index contributed by atoms with van der Waals surface area (Å²) in [7, 11) is 0. The van der Waals surface area contributed by atoms with Crippen molar-refractivity contribution >= 4 is 23.4 Å². The van der Waals surface area contributed by atoms with Crippen LogP contribution in [0.5, 0.6) is 5.75 Å². The predicted molar refractivity (Wildman–Crippen MR) is 89.8 cm³/mol. The Bertz CT molecular complexity index is 525. The first-order valence-corrected chi connectivity index (χ1v) is 8.50. The molecular formula is C17H23ClN2O3. The molecule has 23 heavy (non-hydrogen) atoms. The molecule has 1 aliphatic rings. The topological polar surface area (TPSA) is 49.9 Å². The number of ether oxygens (including phenoxy) is 1. The summed E-state index contributed by atoms with van der Waals surface area (Å²) in [6.07, 6.45) is 2.15. The van der Waals surface area contributed by atoms with E-state index in [1.54, 1.807) is 9.80 Å². The average Bonchev–Trinajstić information content (AvgIpc) is 2.60. The van der Waals surface area contributed by atoms with Crippen LogP contribution >= 0.6 is 11.6 Å². The van der Waals surface area contributed by atoms with Gasteiger partial charge in [0, 0.05) is 26.2 Å². The van der Waals surface area contributed by atoms with Crippen molar-refractivity contribution in [1.82, 2.24) is 9.80 Å². The van der Waals surface area contributed by atoms with Crippen molar-refractivity contribution in [2.24, 2.45) is 0 Å². The van der Waals surface area contributed by atoms with Crippen molar-refractivity contribution in [2.75, 3.05) is 38.7 Å². The minimum Gasteiger partial charge on any atom is -0.484 e. The van der Waals surface area contributed by atoms with Gasteiger partial charge in [0.2, 0.25) is 5.91 Å². The van der Waals surface area contributed by atoms with Gasteiger partial charge in [-0.3, -0.25) is 9.59 Å². The number of nitrogens with zero attached hydrogens (tertiary/aromatic N) is 2. The Kier molecular flexibility index (Phi) is 6.71. The maximum atomic E-state index is 12.2. The lowest BCUT2D eigenvalue weighted by Gasteiger charge is -2.34. The maximum absolute atomic E-state index is 12.2. The van der Waals surface area contributed by atoms with Crippen LogP contribution in [0.25, 0.3) is 0 Å². The number of halogens is 1. The summed E-state index contributed by atoms with van der Waals surface area (Å²) in [6, 6.07) is 7.85. The lowest BCUT2D eigenvalue weighted by molar-refractivity contribution is -0.139. The molecule has 1 saturated heterocycles. The van der Waals surface area contributed by atoms with Gasteiger partial charge in [0.25, 0.3) is 5.91 Å². The zero-order chi connectivity index (χ0) is 16.7. The molecule has 0 saturated carbocycles. The molecule has 1 aromatic rings. The van der Waals surface area contributed by atoms with Crippen LogP contribution in [0.4, 0.5) is 0 Å². The van der Waals surface area contributed by atoms with E-state index < -0.39 is 0 Å². The first-order valence-electron chi connectivity index (χ1n) is 7.97. The number of hydrogen-bond donors (Lipinski definition) is 0. The van der Waals surface area contributed by atoms with Crippen molar-refractivity contribution in [2.45, 2.75) is 19.8 Å². The van der Waals surface area contributed by atoms with Crippen molar-refractivity contribution in [3.05, 3.63) is 29.8 Å². The molecule has 0 aliphatic carbocycles. The standard InChI is InChI=1S/C17H23ClN2O3/c1-2-3-14-4-6-15(7-5-14)23-13-17(22)20-10-8-19(9-11-20)16(21)12-18/h4-7H,2-3,8-13H2,1H3. The zero-order valence-corrected chi connectivity index (χ0v) is 14.2. The minimum atomic E-state index is -0.0813. The van der Waals surface area contributed by atoms with Gasteiger partial charge in [0.15, 0.2) is 6.61 Å². The van der Waals surface area contributed by atoms with Gasteiger partial charge >= 0.3 is 0 Å². The molecule has 1 heterocycles. The van der Waals surface area contributed by atoms with E-state index in [1.165, 1.54) is 5.56 Å². The normalized spacial score (nSPS) is 14.7. The Labute approximate surface area is 142 Å². The van der Waals surface area contributed by atoms with Crippen molar-refractivity contribution in [3.8, 4) is 5.75 Å². The van der Waals surface area contributed by atoms with E-state index in [2.05, 4.69) is 6.92 Å². The van der Waals surface area contributed by atoms with Crippen LogP contribution in [0.3, 0.4) is 0 Å². The summed E-state index contributed by atoms with van der Waals surface area (Å²) < 4.78 is 5.56. The molecule has 1 fully saturated rings. The van der Waals surface area contributed by atoms with Gasteiger partial charge in [-0.15, -0.1) is 11.6 Å². The summed E-state index contributed by atoms with van der Waals surface area (Å²) in [5.74, 6) is 0.558. The zero-order valence-electron chi connectivity index (χ0n) is 13.5. The quantitative estimate of drug-likeness (QED) is 0.745. The van der Waals surface area contributed by atoms with Crippen LogP contribution in [-0.4, -0.2) is 60.3 Å². The van der Waals surface area contributed by atoms with Crippen molar-refractivity contribution in [1.29, 1.82) is 0 Å². The van der Waals surface area contributed by atoms with E-state index >= 15 is 0 Å². The summed E-state index contributed by atoms with van der Waals surface area (Å²) in [5.41, 5.74) is 1.27. The number of alkyl halides is 1. The van der Waals surface area contributed by atoms with E-state index in [9.17, 15) is 9.59 Å². The number of carbonyl (C=O) groups excluding carboxylic acids is 2. The number of aryl methyl sites for hydroxylation is 1. The Morgan fingerprint density at radius 1 is 1.04 bits per heavy atom. The van der Waals surface area contributed by atoms with Gasteiger partial charge in [-0.2, -0.15) is 0 Å². The summed E-state index contributed by atoms with van der Waals surface area (Å²) in [5, 5.41) is 0. The molecule has 1 aromatic carbocycles. The van der Waals surface area contributed by atoms with Gasteiger partial charge in [0.05, 0.1) is 0 Å². The molecule has 0 spiro atoms. The Balaban J connectivity index is 1.76. The number of piperazine rings is 1. The number of carbonyl (C=O) groups is 2. The molecule has 0 bridgehead atoms. The molecule has 5 nitrogen and oxygen atoms in total. The van der Waals surface area contributed by atoms with Crippen molar-refractivity contribution in [3.63, 3.8) is 0 Å². The third-order valence-electron chi connectivity index (χ3n) is 3.92. The van der Waals surface area contributed by atoms with E-state index in [-0.39, 0.29) is 24.3 Å². The number of benzene rings is 1. The van der Waals surface area contributed by atoms with Crippen LogP contribution in [0.1, 0.15) is 18.9 Å². The van der Waals surface area contributed by atoms with Crippen LogP contribution in [0.2, 0.25) is 0 Å². The van der Waals surface area contributed by atoms with E-state index in [4.69, 9.17) is 16.3 Å². The Morgan fingerprint density at radius 2 is 1.61 bits per heavy atom. The Hall–Kier alpha value is -1.75. The van der Waals surface area contributed by atoms with Gasteiger partial charge in [-0.05, 0) is 24.1 Å². The molecule has 0 N–H and O–H groups in total. The molecular weight excluding hydrogens is 316 g/mol. The fraction of sp³-hybridized carbons (Fsp3) is 0.529. The Morgan fingerprint density at radius 3 is 2.13 bits per heavy atom. The largest absolute Gasteiger partial charge is 0.484 e. The molecule has 126 valence electrons. The fourth-order valence-electron chi connectivity index (χ4n) is 2.57.